The fourth-order valence-electron chi connectivity index (χ4n) is 3.65. The number of carbonyl (C=O) groups is 1. The number of rotatable bonds is 16. The molecule has 1 fully saturated rings. The first-order valence-corrected chi connectivity index (χ1v) is 11.0. The number of ether oxygens (including phenoxy) is 2. The molecular weight excluding hydrogens is 394 g/mol. The van der Waals surface area contributed by atoms with Crippen LogP contribution in [0.5, 0.6) is 0 Å². The number of hydrogen-bond acceptors (Lipinski definition) is 10. The largest absolute Gasteiger partial charge is 0.458 e. The molecule has 0 aromatic carbocycles. The first-order chi connectivity index (χ1) is 14.5. The molecule has 1 heterocycles. The van der Waals surface area contributed by atoms with Crippen LogP contribution in [0.2, 0.25) is 0 Å². The van der Waals surface area contributed by atoms with Crippen LogP contribution in [-0.2, 0) is 14.3 Å². The van der Waals surface area contributed by atoms with E-state index in [2.05, 4.69) is 17.3 Å². The summed E-state index contributed by atoms with van der Waals surface area (Å²) in [7, 11) is 0. The highest BCUT2D eigenvalue weighted by atomic mass is 16.6. The Hall–Kier alpha value is -1.49. The van der Waals surface area contributed by atoms with Crippen molar-refractivity contribution < 1.29 is 24.5 Å². The van der Waals surface area contributed by atoms with Crippen molar-refractivity contribution in [3.63, 3.8) is 0 Å². The molecule has 174 valence electrons. The first-order valence-electron chi connectivity index (χ1n) is 11.0. The van der Waals surface area contributed by atoms with E-state index in [1.54, 1.807) is 0 Å². The number of carbonyl (C=O) groups excluding carboxylic acids is 1. The van der Waals surface area contributed by atoms with Crippen LogP contribution in [0, 0.1) is 9.81 Å². The number of aliphatic hydroxyl groups excluding tert-OH is 2. The Morgan fingerprint density at radius 2 is 1.70 bits per heavy atom. The van der Waals surface area contributed by atoms with Gasteiger partial charge in [-0.3, -0.25) is 4.79 Å². The molecule has 0 aromatic rings. The van der Waals surface area contributed by atoms with E-state index in [-0.39, 0.29) is 6.42 Å². The Morgan fingerprint density at radius 3 is 2.23 bits per heavy atom. The van der Waals surface area contributed by atoms with Gasteiger partial charge >= 0.3 is 5.97 Å². The Labute approximate surface area is 177 Å². The zero-order chi connectivity index (χ0) is 22.4. The number of hydrogen-bond donors (Lipinski definition) is 3. The molecule has 4 N–H and O–H groups in total. The molecule has 0 amide bonds. The van der Waals surface area contributed by atoms with Crippen molar-refractivity contribution in [2.75, 3.05) is 6.61 Å². The highest BCUT2D eigenvalue weighted by Crippen LogP contribution is 2.24. The van der Waals surface area contributed by atoms with Crippen LogP contribution in [0.25, 0.3) is 0 Å². The van der Waals surface area contributed by atoms with Gasteiger partial charge in [0.25, 0.3) is 0 Å². The molecule has 0 bridgehead atoms. The summed E-state index contributed by atoms with van der Waals surface area (Å²) in [6.07, 6.45) is 6.64. The average Bonchev–Trinajstić information content (AvgIpc) is 2.74. The van der Waals surface area contributed by atoms with E-state index >= 15 is 0 Å². The summed E-state index contributed by atoms with van der Waals surface area (Å²) in [4.78, 5) is 34.4. The van der Waals surface area contributed by atoms with Gasteiger partial charge in [-0.05, 0) is 6.42 Å². The molecule has 0 saturated carbocycles. The lowest BCUT2D eigenvalue weighted by molar-refractivity contribution is -0.223. The van der Waals surface area contributed by atoms with Crippen molar-refractivity contribution in [3.05, 3.63) is 9.81 Å². The fraction of sp³-hybridized carbons (Fsp3) is 0.950. The second-order valence-corrected chi connectivity index (χ2v) is 7.96. The molecule has 0 aromatic heterocycles. The zero-order valence-corrected chi connectivity index (χ0v) is 17.9. The summed E-state index contributed by atoms with van der Waals surface area (Å²) in [6.45, 7) is 1.60. The van der Waals surface area contributed by atoms with Crippen LogP contribution < -0.4 is 5.73 Å². The molecule has 0 radical (unpaired) electrons. The third-order valence-electron chi connectivity index (χ3n) is 5.50. The standard InChI is InChI=1S/C20H37N3O7/c1-2-3-4-5-6-7-8-9-10-11-14(22-27)12-16(25)30-19-17(21)20(26)29-15(13-24)18(19)23-28/h14-15,17-20,24,26H,2-13,21H2,1H3/t14-,15?,17?,18-,19?,20+/m1/s1. The molecule has 1 saturated heterocycles. The number of nitrogens with zero attached hydrogens (tertiary/aromatic N) is 2. The molecule has 0 spiro atoms. The minimum absolute atomic E-state index is 0.240. The molecule has 10 heteroatoms. The average molecular weight is 432 g/mol. The summed E-state index contributed by atoms with van der Waals surface area (Å²) in [5.74, 6) is -0.754. The highest BCUT2D eigenvalue weighted by Gasteiger charge is 2.47. The Balaban J connectivity index is 2.36. The monoisotopic (exact) mass is 431 g/mol. The van der Waals surface area contributed by atoms with Gasteiger partial charge in [0, 0.05) is 0 Å². The normalized spacial score (nSPS) is 27.4. The van der Waals surface area contributed by atoms with E-state index < -0.39 is 49.2 Å². The lowest BCUT2D eigenvalue weighted by Gasteiger charge is -2.39. The van der Waals surface area contributed by atoms with Crippen molar-refractivity contribution >= 4 is 5.97 Å². The SMILES string of the molecule is CCCCCCCCCCC[C@H](CC(=O)OC1C(N)[C@@H](O)OC(CO)[C@H]1N=O)N=O. The fourth-order valence-corrected chi connectivity index (χ4v) is 3.65. The molecule has 3 unspecified atom stereocenters. The smallest absolute Gasteiger partial charge is 0.308 e. The van der Waals surface area contributed by atoms with E-state index in [0.29, 0.717) is 6.42 Å². The van der Waals surface area contributed by atoms with Crippen LogP contribution in [0.4, 0.5) is 0 Å². The van der Waals surface area contributed by atoms with Gasteiger partial charge in [-0.25, -0.2) is 0 Å². The number of unbranched alkanes of at least 4 members (excludes halogenated alkanes) is 8. The van der Waals surface area contributed by atoms with Crippen LogP contribution in [0.15, 0.2) is 10.4 Å². The van der Waals surface area contributed by atoms with Gasteiger partial charge in [-0.2, -0.15) is 9.81 Å². The summed E-state index contributed by atoms with van der Waals surface area (Å²) >= 11 is 0. The van der Waals surface area contributed by atoms with Gasteiger partial charge in [-0.15, -0.1) is 0 Å². The van der Waals surface area contributed by atoms with E-state index in [9.17, 15) is 24.8 Å². The molecule has 0 aliphatic carbocycles. The Morgan fingerprint density at radius 1 is 1.10 bits per heavy atom. The van der Waals surface area contributed by atoms with E-state index in [0.717, 1.165) is 19.3 Å². The summed E-state index contributed by atoms with van der Waals surface area (Å²) in [5, 5.41) is 24.9. The Kier molecular flexibility index (Phi) is 13.6. The third kappa shape index (κ3) is 9.11. The first kappa shape index (κ1) is 26.5. The van der Waals surface area contributed by atoms with Gasteiger partial charge < -0.3 is 25.4 Å². The zero-order valence-electron chi connectivity index (χ0n) is 17.9. The maximum Gasteiger partial charge on any atom is 0.308 e. The van der Waals surface area contributed by atoms with Gasteiger partial charge in [0.05, 0.1) is 19.1 Å². The number of nitrogens with two attached hydrogens (primary N) is 1. The molecule has 1 aliphatic heterocycles. The van der Waals surface area contributed by atoms with Crippen molar-refractivity contribution in [1.29, 1.82) is 0 Å². The van der Waals surface area contributed by atoms with Crippen molar-refractivity contribution in [3.8, 4) is 0 Å². The van der Waals surface area contributed by atoms with Crippen molar-refractivity contribution in [2.24, 2.45) is 16.1 Å². The lowest BCUT2D eigenvalue weighted by Crippen LogP contribution is -2.62. The third-order valence-corrected chi connectivity index (χ3v) is 5.50. The number of aliphatic hydroxyl groups is 2. The second-order valence-electron chi connectivity index (χ2n) is 7.96. The molecule has 10 nitrogen and oxygen atoms in total. The van der Waals surface area contributed by atoms with Crippen molar-refractivity contribution in [1.82, 2.24) is 0 Å². The quantitative estimate of drug-likeness (QED) is 0.191. The minimum Gasteiger partial charge on any atom is -0.458 e. The van der Waals surface area contributed by atoms with Gasteiger partial charge in [0.15, 0.2) is 18.4 Å². The predicted molar refractivity (Wildman–Crippen MR) is 111 cm³/mol. The second kappa shape index (κ2) is 15.3. The van der Waals surface area contributed by atoms with Crippen LogP contribution in [0.3, 0.4) is 0 Å². The minimum atomic E-state index is -1.51. The number of esters is 1. The topological polar surface area (TPSA) is 161 Å². The van der Waals surface area contributed by atoms with Crippen LogP contribution in [0.1, 0.15) is 77.6 Å². The van der Waals surface area contributed by atoms with E-state index in [4.69, 9.17) is 15.2 Å². The Bertz CT molecular complexity index is 509. The van der Waals surface area contributed by atoms with Gasteiger partial charge in [0.2, 0.25) is 0 Å². The van der Waals surface area contributed by atoms with Crippen molar-refractivity contribution in [2.45, 2.75) is 114 Å². The summed E-state index contributed by atoms with van der Waals surface area (Å²) in [6, 6.07) is -3.17. The van der Waals surface area contributed by atoms with E-state index in [1.807, 2.05) is 0 Å². The molecule has 30 heavy (non-hydrogen) atoms. The predicted octanol–water partition coefficient (Wildman–Crippen LogP) is 2.52. The molecule has 1 rings (SSSR count). The highest BCUT2D eigenvalue weighted by molar-refractivity contribution is 5.70. The number of nitroso groups, excluding NO2 is 2. The molecule has 1 aliphatic rings. The van der Waals surface area contributed by atoms with Gasteiger partial charge in [-0.1, -0.05) is 75.1 Å². The summed E-state index contributed by atoms with van der Waals surface area (Å²) < 4.78 is 10.2. The van der Waals surface area contributed by atoms with Crippen LogP contribution >= 0.6 is 0 Å². The maximum atomic E-state index is 12.2. The van der Waals surface area contributed by atoms with Gasteiger partial charge in [0.1, 0.15) is 12.1 Å². The molecule has 6 atom stereocenters. The van der Waals surface area contributed by atoms with E-state index in [1.165, 1.54) is 38.5 Å². The summed E-state index contributed by atoms with van der Waals surface area (Å²) in [5.41, 5.74) is 5.76. The lowest BCUT2D eigenvalue weighted by atomic mass is 9.95. The van der Waals surface area contributed by atoms with Crippen LogP contribution in [-0.4, -0.2) is 59.4 Å². The maximum absolute atomic E-state index is 12.2. The molecular formula is C20H37N3O7.